The van der Waals surface area contributed by atoms with E-state index < -0.39 is 7.14 Å². The topological polar surface area (TPSA) is 38.8 Å². The second-order valence-corrected chi connectivity index (χ2v) is 7.13. The monoisotopic (exact) mass is 224 g/mol. The Hall–Kier alpha value is -0.790. The fourth-order valence-electron chi connectivity index (χ4n) is 2.27. The number of hydrogen-bond acceptors (Lipinski definition) is 3. The Bertz CT molecular complexity index is 426. The molecule has 4 heteroatoms. The molecule has 80 valence electrons. The Balaban J connectivity index is 1.95. The molecule has 0 aliphatic carbocycles. The second kappa shape index (κ2) is 3.10. The number of ether oxygens (including phenoxy) is 2. The molecule has 2 saturated heterocycles. The molecule has 0 amide bonds. The highest BCUT2D eigenvalue weighted by molar-refractivity contribution is 7.72. The number of benzene rings is 1. The summed E-state index contributed by atoms with van der Waals surface area (Å²) in [5, 5.41) is 0.938. The molecule has 0 saturated carbocycles. The molecule has 3 atom stereocenters. The second-order valence-electron chi connectivity index (χ2n) is 4.07. The van der Waals surface area contributed by atoms with Crippen molar-refractivity contribution in [3.05, 3.63) is 24.3 Å². The lowest BCUT2D eigenvalue weighted by Crippen LogP contribution is -2.08. The van der Waals surface area contributed by atoms with Gasteiger partial charge in [0, 0.05) is 11.5 Å². The molecule has 0 aromatic heterocycles. The van der Waals surface area contributed by atoms with Crippen LogP contribution in [0.1, 0.15) is 6.42 Å². The zero-order chi connectivity index (χ0) is 10.5. The van der Waals surface area contributed by atoms with Crippen molar-refractivity contribution in [2.24, 2.45) is 0 Å². The summed E-state index contributed by atoms with van der Waals surface area (Å²) in [4.78, 5) is 0. The van der Waals surface area contributed by atoms with Crippen LogP contribution < -0.4 is 10.0 Å². The van der Waals surface area contributed by atoms with Gasteiger partial charge in [-0.1, -0.05) is 0 Å². The highest BCUT2D eigenvalue weighted by Gasteiger charge is 2.58. The fraction of sp³-hybridized carbons (Fsp3) is 0.455. The molecule has 1 aromatic carbocycles. The summed E-state index contributed by atoms with van der Waals surface area (Å²) in [6, 6.07) is 7.54. The molecule has 1 aromatic rings. The van der Waals surface area contributed by atoms with E-state index >= 15 is 0 Å². The average Bonchev–Trinajstić information content (AvgIpc) is 3.00. The minimum atomic E-state index is -2.25. The van der Waals surface area contributed by atoms with Crippen LogP contribution in [0, 0.1) is 0 Å². The maximum absolute atomic E-state index is 12.6. The van der Waals surface area contributed by atoms with Gasteiger partial charge in [0.1, 0.15) is 18.7 Å². The Kier molecular flexibility index (Phi) is 1.95. The van der Waals surface area contributed by atoms with Gasteiger partial charge in [0.15, 0.2) is 0 Å². The molecule has 3 nitrogen and oxygen atoms in total. The molecule has 3 rings (SSSR count). The molecule has 0 bridgehead atoms. The quantitative estimate of drug-likeness (QED) is 0.568. The summed E-state index contributed by atoms with van der Waals surface area (Å²) in [6.07, 6.45) is 2.03. The standard InChI is InChI=1S/C11H13O3P/c1-13-8-2-4-9(5-3-8)15(12)7-6-10-11(15)14-10/h2-5,10-11H,6-7H2,1H3/t10-,11+,15-/m1/s1. The minimum Gasteiger partial charge on any atom is -0.497 e. The van der Waals surface area contributed by atoms with Crippen LogP contribution in [0.3, 0.4) is 0 Å². The zero-order valence-electron chi connectivity index (χ0n) is 8.55. The summed E-state index contributed by atoms with van der Waals surface area (Å²) in [5.74, 6) is 0.823. The van der Waals surface area contributed by atoms with Crippen LogP contribution in [-0.2, 0) is 9.30 Å². The van der Waals surface area contributed by atoms with Crippen molar-refractivity contribution < 1.29 is 14.0 Å². The summed E-state index contributed by atoms with van der Waals surface area (Å²) in [7, 11) is -0.616. The molecular formula is C11H13O3P. The molecule has 0 spiro atoms. The van der Waals surface area contributed by atoms with E-state index in [1.54, 1.807) is 7.11 Å². The summed E-state index contributed by atoms with van der Waals surface area (Å²) in [6.45, 7) is 0. The SMILES string of the molecule is COc1ccc([P@]2(=O)CC[C@H]3O[C@H]32)cc1. The average molecular weight is 224 g/mol. The zero-order valence-corrected chi connectivity index (χ0v) is 9.44. The third kappa shape index (κ3) is 1.34. The Morgan fingerprint density at radius 2 is 2.13 bits per heavy atom. The van der Waals surface area contributed by atoms with Gasteiger partial charge in [-0.3, -0.25) is 0 Å². The van der Waals surface area contributed by atoms with E-state index in [4.69, 9.17) is 9.47 Å². The number of epoxide rings is 1. The van der Waals surface area contributed by atoms with Gasteiger partial charge < -0.3 is 14.0 Å². The van der Waals surface area contributed by atoms with E-state index in [0.29, 0.717) is 0 Å². The Morgan fingerprint density at radius 3 is 2.60 bits per heavy atom. The van der Waals surface area contributed by atoms with E-state index in [2.05, 4.69) is 0 Å². The van der Waals surface area contributed by atoms with Gasteiger partial charge in [-0.15, -0.1) is 0 Å². The number of hydrogen-bond donors (Lipinski definition) is 0. The Morgan fingerprint density at radius 1 is 1.40 bits per heavy atom. The molecule has 0 N–H and O–H groups in total. The van der Waals surface area contributed by atoms with Crippen molar-refractivity contribution in [2.45, 2.75) is 18.4 Å². The molecule has 2 aliphatic heterocycles. The molecule has 0 unspecified atom stereocenters. The molecule has 0 radical (unpaired) electrons. The third-order valence-corrected chi connectivity index (χ3v) is 6.59. The van der Waals surface area contributed by atoms with Gasteiger partial charge in [-0.25, -0.2) is 0 Å². The molecular weight excluding hydrogens is 211 g/mol. The maximum atomic E-state index is 12.6. The maximum Gasteiger partial charge on any atom is 0.145 e. The molecule has 2 heterocycles. The van der Waals surface area contributed by atoms with Gasteiger partial charge in [-0.05, 0) is 30.7 Å². The summed E-state index contributed by atoms with van der Waals surface area (Å²) >= 11 is 0. The van der Waals surface area contributed by atoms with Crippen LogP contribution in [0.25, 0.3) is 0 Å². The molecule has 15 heavy (non-hydrogen) atoms. The van der Waals surface area contributed by atoms with Gasteiger partial charge in [0.25, 0.3) is 0 Å². The van der Waals surface area contributed by atoms with Gasteiger partial charge in [0.2, 0.25) is 0 Å². The summed E-state index contributed by atoms with van der Waals surface area (Å²) < 4.78 is 23.1. The van der Waals surface area contributed by atoms with E-state index in [0.717, 1.165) is 23.6 Å². The van der Waals surface area contributed by atoms with Crippen LogP contribution in [0.2, 0.25) is 0 Å². The first-order chi connectivity index (χ1) is 7.24. The van der Waals surface area contributed by atoms with Crippen LogP contribution in [0.5, 0.6) is 5.75 Å². The van der Waals surface area contributed by atoms with Gasteiger partial charge >= 0.3 is 0 Å². The Labute approximate surface area is 88.8 Å². The van der Waals surface area contributed by atoms with Crippen molar-refractivity contribution in [3.8, 4) is 5.75 Å². The van der Waals surface area contributed by atoms with E-state index in [1.165, 1.54) is 0 Å². The number of fused-ring (bicyclic) bond motifs is 1. The first kappa shape index (κ1) is 9.44. The van der Waals surface area contributed by atoms with Crippen LogP contribution in [-0.4, -0.2) is 25.2 Å². The highest BCUT2D eigenvalue weighted by atomic mass is 31.2. The highest BCUT2D eigenvalue weighted by Crippen LogP contribution is 2.65. The predicted octanol–water partition coefficient (Wildman–Crippen LogP) is 1.81. The number of methoxy groups -OCH3 is 1. The lowest BCUT2D eigenvalue weighted by molar-refractivity contribution is 0.380. The predicted molar refractivity (Wildman–Crippen MR) is 58.4 cm³/mol. The molecule has 2 aliphatic rings. The van der Waals surface area contributed by atoms with Crippen molar-refractivity contribution in [3.63, 3.8) is 0 Å². The van der Waals surface area contributed by atoms with Crippen molar-refractivity contribution >= 4 is 12.4 Å². The van der Waals surface area contributed by atoms with Crippen molar-refractivity contribution in [2.75, 3.05) is 13.3 Å². The largest absolute Gasteiger partial charge is 0.497 e. The lowest BCUT2D eigenvalue weighted by Gasteiger charge is -2.12. The first-order valence-electron chi connectivity index (χ1n) is 5.13. The first-order valence-corrected chi connectivity index (χ1v) is 7.09. The number of rotatable bonds is 2. The normalized spacial score (nSPS) is 37.4. The van der Waals surface area contributed by atoms with Crippen molar-refractivity contribution in [1.82, 2.24) is 0 Å². The van der Waals surface area contributed by atoms with E-state index in [1.807, 2.05) is 24.3 Å². The van der Waals surface area contributed by atoms with Gasteiger partial charge in [0.05, 0.1) is 13.2 Å². The van der Waals surface area contributed by atoms with E-state index in [-0.39, 0.29) is 11.9 Å². The summed E-state index contributed by atoms with van der Waals surface area (Å²) in [5.41, 5.74) is 0. The fourth-order valence-corrected chi connectivity index (χ4v) is 5.41. The van der Waals surface area contributed by atoms with Crippen LogP contribution in [0.15, 0.2) is 24.3 Å². The minimum absolute atomic E-state index is 0.0193. The van der Waals surface area contributed by atoms with Crippen LogP contribution >= 0.6 is 7.14 Å². The third-order valence-electron chi connectivity index (χ3n) is 3.22. The van der Waals surface area contributed by atoms with E-state index in [9.17, 15) is 4.57 Å². The van der Waals surface area contributed by atoms with Gasteiger partial charge in [-0.2, -0.15) is 0 Å². The smallest absolute Gasteiger partial charge is 0.145 e. The lowest BCUT2D eigenvalue weighted by atomic mass is 10.3. The van der Waals surface area contributed by atoms with Crippen LogP contribution in [0.4, 0.5) is 0 Å². The molecule has 2 fully saturated rings. The van der Waals surface area contributed by atoms with Crippen molar-refractivity contribution in [1.29, 1.82) is 0 Å².